The van der Waals surface area contributed by atoms with Crippen molar-refractivity contribution in [2.75, 3.05) is 4.90 Å². The topological polar surface area (TPSA) is 37.4 Å². The Balaban J connectivity index is 2.00. The number of nitrogens with zero attached hydrogens (tertiary/aromatic N) is 1. The maximum absolute atomic E-state index is 16.1. The molecule has 0 unspecified atom stereocenters. The standard InChI is InChI=1S/C23H15ClFNO2/c24-19-20(16-10-4-1-5-11-16)26(18-14-8-3-9-15-18)22(28)23(25,21(19)27)17-12-6-2-7-13-17/h1-15H/t23-/m1/s1. The van der Waals surface area contributed by atoms with E-state index in [0.717, 1.165) is 0 Å². The van der Waals surface area contributed by atoms with Gasteiger partial charge in [-0.25, -0.2) is 4.39 Å². The van der Waals surface area contributed by atoms with Gasteiger partial charge in [-0.05, 0) is 12.1 Å². The minimum Gasteiger partial charge on any atom is -0.288 e. The van der Waals surface area contributed by atoms with E-state index in [1.165, 1.54) is 17.0 Å². The van der Waals surface area contributed by atoms with Gasteiger partial charge in [-0.2, -0.15) is 0 Å². The predicted molar refractivity (Wildman–Crippen MR) is 107 cm³/mol. The van der Waals surface area contributed by atoms with Crippen molar-refractivity contribution >= 4 is 34.7 Å². The SMILES string of the molecule is O=C1C(Cl)=C(c2ccccc2)N(c2ccccc2)C(=O)[C@@]1(F)c1ccccc1. The lowest BCUT2D eigenvalue weighted by atomic mass is 9.85. The summed E-state index contributed by atoms with van der Waals surface area (Å²) in [6.07, 6.45) is 0. The van der Waals surface area contributed by atoms with Crippen LogP contribution in [0.2, 0.25) is 0 Å². The minimum absolute atomic E-state index is 0.0452. The number of rotatable bonds is 3. The highest BCUT2D eigenvalue weighted by molar-refractivity contribution is 6.52. The highest BCUT2D eigenvalue weighted by atomic mass is 35.5. The number of allylic oxidation sites excluding steroid dienone is 1. The number of Topliss-reactive ketones (excluding diaryl/α,β-unsaturated/α-hetero) is 1. The third-order valence-electron chi connectivity index (χ3n) is 4.67. The normalized spacial score (nSPS) is 19.9. The molecule has 1 heterocycles. The number of alkyl halides is 1. The Labute approximate surface area is 166 Å². The molecule has 1 aliphatic heterocycles. The Morgan fingerprint density at radius 2 is 1.25 bits per heavy atom. The van der Waals surface area contributed by atoms with Gasteiger partial charge in [0.1, 0.15) is 5.03 Å². The molecule has 0 fully saturated rings. The van der Waals surface area contributed by atoms with E-state index in [1.807, 2.05) is 0 Å². The smallest absolute Gasteiger partial charge is 0.282 e. The van der Waals surface area contributed by atoms with Gasteiger partial charge >= 0.3 is 0 Å². The number of para-hydroxylation sites is 1. The molecule has 0 spiro atoms. The number of benzene rings is 3. The molecule has 0 N–H and O–H groups in total. The summed E-state index contributed by atoms with van der Waals surface area (Å²) in [5.41, 5.74) is -1.79. The molecule has 0 saturated heterocycles. The molecule has 3 aromatic rings. The van der Waals surface area contributed by atoms with Gasteiger partial charge in [-0.15, -0.1) is 0 Å². The van der Waals surface area contributed by atoms with Gasteiger partial charge in [0.2, 0.25) is 5.78 Å². The van der Waals surface area contributed by atoms with Crippen LogP contribution in [0, 0.1) is 0 Å². The zero-order valence-corrected chi connectivity index (χ0v) is 15.4. The summed E-state index contributed by atoms with van der Waals surface area (Å²) in [7, 11) is 0. The van der Waals surface area contributed by atoms with Crippen LogP contribution in [0.3, 0.4) is 0 Å². The molecule has 0 radical (unpaired) electrons. The summed E-state index contributed by atoms with van der Waals surface area (Å²) in [5, 5.41) is -0.319. The Morgan fingerprint density at radius 3 is 1.82 bits per heavy atom. The van der Waals surface area contributed by atoms with Crippen LogP contribution in [-0.4, -0.2) is 11.7 Å². The first kappa shape index (κ1) is 18.1. The average Bonchev–Trinajstić information content (AvgIpc) is 2.76. The zero-order chi connectivity index (χ0) is 19.7. The maximum atomic E-state index is 16.1. The van der Waals surface area contributed by atoms with Crippen LogP contribution >= 0.6 is 11.6 Å². The molecule has 1 amide bonds. The van der Waals surface area contributed by atoms with Gasteiger partial charge in [0.05, 0.1) is 5.70 Å². The van der Waals surface area contributed by atoms with Gasteiger partial charge in [0, 0.05) is 16.8 Å². The quantitative estimate of drug-likeness (QED) is 0.584. The van der Waals surface area contributed by atoms with E-state index in [2.05, 4.69) is 0 Å². The lowest BCUT2D eigenvalue weighted by Gasteiger charge is -2.37. The van der Waals surface area contributed by atoms with Crippen LogP contribution in [0.4, 0.5) is 10.1 Å². The Bertz CT molecular complexity index is 1070. The molecule has 1 atom stereocenters. The predicted octanol–water partition coefficient (Wildman–Crippen LogP) is 5.07. The lowest BCUT2D eigenvalue weighted by Crippen LogP contribution is -2.53. The molecule has 0 saturated carbocycles. The van der Waals surface area contributed by atoms with E-state index in [1.54, 1.807) is 78.9 Å². The first-order valence-corrected chi connectivity index (χ1v) is 9.07. The van der Waals surface area contributed by atoms with Crippen LogP contribution in [0.15, 0.2) is 96.0 Å². The molecule has 138 valence electrons. The first-order valence-electron chi connectivity index (χ1n) is 8.69. The largest absolute Gasteiger partial charge is 0.288 e. The number of carbonyl (C=O) groups is 2. The van der Waals surface area contributed by atoms with E-state index in [4.69, 9.17) is 11.6 Å². The van der Waals surface area contributed by atoms with Crippen LogP contribution in [0.1, 0.15) is 11.1 Å². The summed E-state index contributed by atoms with van der Waals surface area (Å²) in [5.74, 6) is -2.05. The van der Waals surface area contributed by atoms with Gasteiger partial charge in [-0.3, -0.25) is 14.5 Å². The third kappa shape index (κ3) is 2.74. The van der Waals surface area contributed by atoms with Crippen LogP contribution in [0.5, 0.6) is 0 Å². The van der Waals surface area contributed by atoms with Gasteiger partial charge in [0.15, 0.2) is 0 Å². The van der Waals surface area contributed by atoms with Gasteiger partial charge in [0.25, 0.3) is 11.6 Å². The zero-order valence-electron chi connectivity index (χ0n) is 14.7. The van der Waals surface area contributed by atoms with Crippen molar-refractivity contribution in [1.29, 1.82) is 0 Å². The van der Waals surface area contributed by atoms with Gasteiger partial charge < -0.3 is 0 Å². The summed E-state index contributed by atoms with van der Waals surface area (Å²) in [6, 6.07) is 25.1. The molecule has 3 aromatic carbocycles. The fraction of sp³-hybridized carbons (Fsp3) is 0.0435. The first-order chi connectivity index (χ1) is 13.5. The van der Waals surface area contributed by atoms with Crippen molar-refractivity contribution in [3.8, 4) is 0 Å². The minimum atomic E-state index is -2.90. The fourth-order valence-corrected chi connectivity index (χ4v) is 3.63. The molecule has 5 heteroatoms. The summed E-state index contributed by atoms with van der Waals surface area (Å²) < 4.78 is 16.1. The maximum Gasteiger partial charge on any atom is 0.282 e. The van der Waals surface area contributed by atoms with Crippen molar-refractivity contribution in [1.82, 2.24) is 0 Å². The third-order valence-corrected chi connectivity index (χ3v) is 5.03. The van der Waals surface area contributed by atoms with Gasteiger partial charge in [-0.1, -0.05) is 90.5 Å². The molecule has 0 aliphatic carbocycles. The van der Waals surface area contributed by atoms with E-state index in [0.29, 0.717) is 11.3 Å². The van der Waals surface area contributed by atoms with E-state index in [9.17, 15) is 9.59 Å². The second-order valence-electron chi connectivity index (χ2n) is 6.36. The van der Waals surface area contributed by atoms with Crippen LogP contribution in [-0.2, 0) is 15.3 Å². The Morgan fingerprint density at radius 1 is 0.750 bits per heavy atom. The second-order valence-corrected chi connectivity index (χ2v) is 6.74. The summed E-state index contributed by atoms with van der Waals surface area (Å²) in [6.45, 7) is 0. The number of anilines is 1. The number of amides is 1. The van der Waals surface area contributed by atoms with E-state index < -0.39 is 17.4 Å². The van der Waals surface area contributed by atoms with Crippen LogP contribution in [0.25, 0.3) is 5.70 Å². The molecule has 0 bridgehead atoms. The van der Waals surface area contributed by atoms with Crippen molar-refractivity contribution in [3.63, 3.8) is 0 Å². The molecule has 4 rings (SSSR count). The fourth-order valence-electron chi connectivity index (χ4n) is 3.31. The highest BCUT2D eigenvalue weighted by Gasteiger charge is 2.56. The number of ketones is 1. The van der Waals surface area contributed by atoms with Crippen molar-refractivity contribution < 1.29 is 14.0 Å². The molecule has 28 heavy (non-hydrogen) atoms. The molecular weight excluding hydrogens is 377 g/mol. The van der Waals surface area contributed by atoms with E-state index in [-0.39, 0.29) is 16.3 Å². The molecular formula is C23H15ClFNO2. The number of carbonyl (C=O) groups excluding carboxylic acids is 2. The van der Waals surface area contributed by atoms with Crippen molar-refractivity contribution in [2.45, 2.75) is 5.67 Å². The summed E-state index contributed by atoms with van der Waals surface area (Å²) >= 11 is 6.41. The monoisotopic (exact) mass is 391 g/mol. The number of hydrogen-bond donors (Lipinski definition) is 0. The lowest BCUT2D eigenvalue weighted by molar-refractivity contribution is -0.141. The van der Waals surface area contributed by atoms with Crippen molar-refractivity contribution in [2.24, 2.45) is 0 Å². The molecule has 1 aliphatic rings. The van der Waals surface area contributed by atoms with Crippen molar-refractivity contribution in [3.05, 3.63) is 107 Å². The van der Waals surface area contributed by atoms with E-state index >= 15 is 4.39 Å². The number of halogens is 2. The Kier molecular flexibility index (Phi) is 4.57. The number of hydrogen-bond acceptors (Lipinski definition) is 2. The summed E-state index contributed by atoms with van der Waals surface area (Å²) in [4.78, 5) is 27.6. The van der Waals surface area contributed by atoms with Crippen LogP contribution < -0.4 is 4.90 Å². The average molecular weight is 392 g/mol. The molecule has 3 nitrogen and oxygen atoms in total. The Hall–Kier alpha value is -3.24. The molecule has 0 aromatic heterocycles. The second kappa shape index (κ2) is 7.06. The highest BCUT2D eigenvalue weighted by Crippen LogP contribution is 2.44.